The van der Waals surface area contributed by atoms with Gasteiger partial charge in [-0.05, 0) is 49.7 Å². The Kier molecular flexibility index (Phi) is 6.61. The third-order valence-electron chi connectivity index (χ3n) is 5.75. The van der Waals surface area contributed by atoms with E-state index in [1.807, 2.05) is 28.8 Å². The molecule has 5 rings (SSSR count). The van der Waals surface area contributed by atoms with Crippen molar-refractivity contribution in [2.24, 2.45) is 0 Å². The third kappa shape index (κ3) is 4.84. The number of benzene rings is 4. The predicted molar refractivity (Wildman–Crippen MR) is 144 cm³/mol. The first-order valence-electron chi connectivity index (χ1n) is 11.3. The Morgan fingerprint density at radius 3 is 1.76 bits per heavy atom. The number of hydrogen-bond donors (Lipinski definition) is 0. The van der Waals surface area contributed by atoms with E-state index in [1.54, 1.807) is 23.5 Å². The van der Waals surface area contributed by atoms with Gasteiger partial charge in [-0.2, -0.15) is 0 Å². The molecule has 34 heavy (non-hydrogen) atoms. The molecule has 0 fully saturated rings. The number of nitrogens with zero attached hydrogens (tertiary/aromatic N) is 1. The summed E-state index contributed by atoms with van der Waals surface area (Å²) in [6.07, 6.45) is 0. The van der Waals surface area contributed by atoms with E-state index in [9.17, 15) is 4.79 Å². The van der Waals surface area contributed by atoms with Crippen LogP contribution in [0.1, 0.15) is 16.7 Å². The molecule has 4 heteroatoms. The van der Waals surface area contributed by atoms with Crippen LogP contribution in [0.3, 0.4) is 0 Å². The highest BCUT2D eigenvalue weighted by Crippen LogP contribution is 2.41. The predicted octanol–water partition coefficient (Wildman–Crippen LogP) is 7.97. The Hall–Kier alpha value is -3.21. The first-order chi connectivity index (χ1) is 16.6. The molecule has 0 radical (unpaired) electrons. The van der Waals surface area contributed by atoms with Crippen LogP contribution in [0.15, 0.2) is 128 Å². The number of fused-ring (bicyclic) bond motifs is 1. The van der Waals surface area contributed by atoms with Gasteiger partial charge >= 0.3 is 0 Å². The Balaban J connectivity index is 1.71. The molecule has 0 saturated carbocycles. The molecule has 1 aromatic heterocycles. The highest BCUT2D eigenvalue weighted by molar-refractivity contribution is 8.02. The summed E-state index contributed by atoms with van der Waals surface area (Å²) in [4.78, 5) is 18.0. The van der Waals surface area contributed by atoms with Crippen molar-refractivity contribution >= 4 is 34.4 Å². The maximum atomic E-state index is 14.1. The molecule has 0 aliphatic heterocycles. The first-order valence-corrected chi connectivity index (χ1v) is 12.9. The zero-order valence-corrected chi connectivity index (χ0v) is 20.8. The molecule has 0 aliphatic rings. The lowest BCUT2D eigenvalue weighted by atomic mass is 10.2. The van der Waals surface area contributed by atoms with Crippen LogP contribution >= 0.6 is 23.5 Å². The zero-order valence-electron chi connectivity index (χ0n) is 19.2. The molecule has 0 N–H and O–H groups in total. The van der Waals surface area contributed by atoms with Gasteiger partial charge in [0.05, 0.1) is 17.0 Å². The van der Waals surface area contributed by atoms with Gasteiger partial charge in [0.25, 0.3) is 5.56 Å². The van der Waals surface area contributed by atoms with Gasteiger partial charge in [0.15, 0.2) is 0 Å². The van der Waals surface area contributed by atoms with Gasteiger partial charge in [-0.1, -0.05) is 107 Å². The molecule has 5 aromatic rings. The summed E-state index contributed by atoms with van der Waals surface area (Å²) < 4.78 is 1.92. The molecule has 0 atom stereocenters. The smallest absolute Gasteiger partial charge is 0.266 e. The molecule has 0 saturated heterocycles. The Morgan fingerprint density at radius 1 is 0.618 bits per heavy atom. The molecular formula is C30H25NOS2. The van der Waals surface area contributed by atoms with E-state index in [0.29, 0.717) is 6.54 Å². The lowest BCUT2D eigenvalue weighted by molar-refractivity contribution is 0.767. The summed E-state index contributed by atoms with van der Waals surface area (Å²) >= 11 is 3.23. The lowest BCUT2D eigenvalue weighted by Crippen LogP contribution is -2.23. The lowest BCUT2D eigenvalue weighted by Gasteiger charge is -2.18. The van der Waals surface area contributed by atoms with Crippen molar-refractivity contribution in [3.05, 3.63) is 130 Å². The largest absolute Gasteiger partial charge is 0.303 e. The summed E-state index contributed by atoms with van der Waals surface area (Å²) in [7, 11) is 0. The fourth-order valence-corrected chi connectivity index (χ4v) is 6.04. The number of aryl methyl sites for hydroxylation is 2. The minimum atomic E-state index is 0.0442. The van der Waals surface area contributed by atoms with Crippen molar-refractivity contribution in [2.45, 2.75) is 40.0 Å². The number of pyridine rings is 1. The van der Waals surface area contributed by atoms with E-state index < -0.39 is 0 Å². The Morgan fingerprint density at radius 2 is 1.15 bits per heavy atom. The van der Waals surface area contributed by atoms with E-state index in [0.717, 1.165) is 36.0 Å². The van der Waals surface area contributed by atoms with Gasteiger partial charge in [0, 0.05) is 20.1 Å². The first kappa shape index (κ1) is 22.6. The summed E-state index contributed by atoms with van der Waals surface area (Å²) in [5.74, 6) is 0. The van der Waals surface area contributed by atoms with Crippen molar-refractivity contribution in [2.75, 3.05) is 0 Å². The highest BCUT2D eigenvalue weighted by Gasteiger charge is 2.19. The maximum Gasteiger partial charge on any atom is 0.266 e. The molecule has 2 nitrogen and oxygen atoms in total. The van der Waals surface area contributed by atoms with Crippen molar-refractivity contribution in [1.29, 1.82) is 0 Å². The van der Waals surface area contributed by atoms with Crippen LogP contribution in [0.5, 0.6) is 0 Å². The van der Waals surface area contributed by atoms with E-state index in [4.69, 9.17) is 0 Å². The second-order valence-electron chi connectivity index (χ2n) is 8.38. The van der Waals surface area contributed by atoms with Gasteiger partial charge in [-0.3, -0.25) is 4.79 Å². The van der Waals surface area contributed by atoms with Crippen molar-refractivity contribution < 1.29 is 0 Å². The quantitative estimate of drug-likeness (QED) is 0.246. The van der Waals surface area contributed by atoms with Crippen LogP contribution in [-0.2, 0) is 6.54 Å². The minimum absolute atomic E-state index is 0.0442. The van der Waals surface area contributed by atoms with E-state index in [2.05, 4.69) is 92.7 Å². The zero-order chi connectivity index (χ0) is 23.5. The summed E-state index contributed by atoms with van der Waals surface area (Å²) in [6, 6.07) is 35.3. The van der Waals surface area contributed by atoms with Crippen LogP contribution in [-0.4, -0.2) is 4.57 Å². The molecule has 0 amide bonds. The number of hydrogen-bond acceptors (Lipinski definition) is 3. The average molecular weight is 480 g/mol. The Bertz CT molecular complexity index is 1490. The van der Waals surface area contributed by atoms with Crippen molar-refractivity contribution in [1.82, 2.24) is 4.57 Å². The standard InChI is InChI=1S/C30H25NOS2/c1-21-12-16-24(17-13-21)33-28-26-10-6-7-11-27(26)31(20-23-8-4-3-5-9-23)30(32)29(28)34-25-18-14-22(2)15-19-25/h3-19H,20H2,1-2H3. The summed E-state index contributed by atoms with van der Waals surface area (Å²) in [5, 5.41) is 1.10. The van der Waals surface area contributed by atoms with Gasteiger partial charge in [-0.15, -0.1) is 0 Å². The maximum absolute atomic E-state index is 14.1. The highest BCUT2D eigenvalue weighted by atomic mass is 32.2. The molecule has 0 spiro atoms. The van der Waals surface area contributed by atoms with Crippen molar-refractivity contribution in [3.63, 3.8) is 0 Å². The molecule has 0 aliphatic carbocycles. The summed E-state index contributed by atoms with van der Waals surface area (Å²) in [6.45, 7) is 4.71. The fraction of sp³-hybridized carbons (Fsp3) is 0.100. The average Bonchev–Trinajstić information content (AvgIpc) is 2.87. The van der Waals surface area contributed by atoms with Gasteiger partial charge in [-0.25, -0.2) is 0 Å². The topological polar surface area (TPSA) is 22.0 Å². The van der Waals surface area contributed by atoms with Gasteiger partial charge in [0.2, 0.25) is 0 Å². The normalized spacial score (nSPS) is 11.1. The third-order valence-corrected chi connectivity index (χ3v) is 8.11. The molecule has 4 aromatic carbocycles. The van der Waals surface area contributed by atoms with Crippen LogP contribution in [0.25, 0.3) is 10.9 Å². The SMILES string of the molecule is Cc1ccc(Sc2c(Sc3ccc(C)cc3)c3ccccc3n(Cc3ccccc3)c2=O)cc1. The molecule has 1 heterocycles. The summed E-state index contributed by atoms with van der Waals surface area (Å²) in [5.41, 5.74) is 4.54. The number of rotatable bonds is 6. The number of para-hydroxylation sites is 1. The van der Waals surface area contributed by atoms with E-state index >= 15 is 0 Å². The number of aromatic nitrogens is 1. The van der Waals surface area contributed by atoms with E-state index in [1.165, 1.54) is 11.1 Å². The fourth-order valence-electron chi connectivity index (χ4n) is 3.92. The Labute approximate surface area is 208 Å². The monoisotopic (exact) mass is 479 g/mol. The molecular weight excluding hydrogens is 454 g/mol. The van der Waals surface area contributed by atoms with Crippen LogP contribution < -0.4 is 5.56 Å². The van der Waals surface area contributed by atoms with Gasteiger partial charge < -0.3 is 4.57 Å². The van der Waals surface area contributed by atoms with Crippen LogP contribution in [0, 0.1) is 13.8 Å². The van der Waals surface area contributed by atoms with Crippen LogP contribution in [0.2, 0.25) is 0 Å². The van der Waals surface area contributed by atoms with Crippen LogP contribution in [0.4, 0.5) is 0 Å². The van der Waals surface area contributed by atoms with Gasteiger partial charge in [0.1, 0.15) is 0 Å². The minimum Gasteiger partial charge on any atom is -0.303 e. The second kappa shape index (κ2) is 9.96. The molecule has 168 valence electrons. The van der Waals surface area contributed by atoms with E-state index in [-0.39, 0.29) is 5.56 Å². The molecule has 0 bridgehead atoms. The van der Waals surface area contributed by atoms with Crippen molar-refractivity contribution in [3.8, 4) is 0 Å². The second-order valence-corrected chi connectivity index (χ2v) is 10.6. The molecule has 0 unspecified atom stereocenters.